The summed E-state index contributed by atoms with van der Waals surface area (Å²) in [5.41, 5.74) is 2.47. The first-order chi connectivity index (χ1) is 11.0. The third-order valence-corrected chi connectivity index (χ3v) is 3.56. The molecule has 0 aliphatic carbocycles. The summed E-state index contributed by atoms with van der Waals surface area (Å²) in [6.45, 7) is 6.03. The number of nitrogens with one attached hydrogen (secondary N) is 1. The molecule has 0 radical (unpaired) electrons. The van der Waals surface area contributed by atoms with E-state index in [0.29, 0.717) is 5.92 Å². The topological polar surface area (TPSA) is 44.3 Å². The molecule has 0 atom stereocenters. The lowest BCUT2D eigenvalue weighted by molar-refractivity contribution is 0.686. The molecule has 5 nitrogen and oxygen atoms in total. The predicted molar refractivity (Wildman–Crippen MR) is 98.2 cm³/mol. The standard InChI is InChI=1S/C18H27N5/c1-14(2)12-20-17-10-11-19-18(21-17)23(5)13-15-8-6-7-9-16(15)22(3)4/h6-11,14H,12-13H2,1-5H3,(H,19,20,21). The highest BCUT2D eigenvalue weighted by Crippen LogP contribution is 2.21. The molecule has 23 heavy (non-hydrogen) atoms. The maximum Gasteiger partial charge on any atom is 0.227 e. The molecule has 0 aliphatic heterocycles. The van der Waals surface area contributed by atoms with Gasteiger partial charge in [0.15, 0.2) is 0 Å². The van der Waals surface area contributed by atoms with Crippen LogP contribution in [-0.2, 0) is 6.54 Å². The number of benzene rings is 1. The second kappa shape index (κ2) is 7.81. The number of nitrogens with zero attached hydrogens (tertiary/aromatic N) is 4. The van der Waals surface area contributed by atoms with Crippen LogP contribution in [0.15, 0.2) is 36.5 Å². The lowest BCUT2D eigenvalue weighted by atomic mass is 10.1. The fourth-order valence-electron chi connectivity index (χ4n) is 2.35. The van der Waals surface area contributed by atoms with Gasteiger partial charge in [-0.2, -0.15) is 4.98 Å². The Hall–Kier alpha value is -2.30. The van der Waals surface area contributed by atoms with Gasteiger partial charge >= 0.3 is 0 Å². The van der Waals surface area contributed by atoms with Gasteiger partial charge in [-0.05, 0) is 23.6 Å². The molecule has 124 valence electrons. The van der Waals surface area contributed by atoms with Gasteiger partial charge in [0.2, 0.25) is 5.95 Å². The van der Waals surface area contributed by atoms with E-state index in [1.807, 2.05) is 13.1 Å². The van der Waals surface area contributed by atoms with Gasteiger partial charge in [0.05, 0.1) is 0 Å². The summed E-state index contributed by atoms with van der Waals surface area (Å²) < 4.78 is 0. The van der Waals surface area contributed by atoms with E-state index >= 15 is 0 Å². The van der Waals surface area contributed by atoms with Crippen LogP contribution in [0, 0.1) is 5.92 Å². The molecule has 1 aromatic heterocycles. The van der Waals surface area contributed by atoms with Crippen molar-refractivity contribution in [2.75, 3.05) is 42.8 Å². The fraction of sp³-hybridized carbons (Fsp3) is 0.444. The van der Waals surface area contributed by atoms with Crippen molar-refractivity contribution in [3.8, 4) is 0 Å². The third-order valence-electron chi connectivity index (χ3n) is 3.56. The Balaban J connectivity index is 2.12. The first-order valence-corrected chi connectivity index (χ1v) is 8.00. The van der Waals surface area contributed by atoms with Crippen LogP contribution in [0.2, 0.25) is 0 Å². The molecule has 0 aliphatic rings. The highest BCUT2D eigenvalue weighted by Gasteiger charge is 2.10. The second-order valence-electron chi connectivity index (χ2n) is 6.40. The Labute approximate surface area is 139 Å². The van der Waals surface area contributed by atoms with Gasteiger partial charge in [-0.25, -0.2) is 4.98 Å². The zero-order chi connectivity index (χ0) is 16.8. The van der Waals surface area contributed by atoms with Crippen LogP contribution in [0.5, 0.6) is 0 Å². The Bertz CT molecular complexity index is 624. The number of rotatable bonds is 7. The van der Waals surface area contributed by atoms with E-state index in [1.54, 1.807) is 6.20 Å². The molecule has 0 bridgehead atoms. The van der Waals surface area contributed by atoms with E-state index in [4.69, 9.17) is 0 Å². The predicted octanol–water partition coefficient (Wildman–Crippen LogP) is 3.25. The zero-order valence-electron chi connectivity index (χ0n) is 14.7. The van der Waals surface area contributed by atoms with Crippen LogP contribution >= 0.6 is 0 Å². The minimum absolute atomic E-state index is 0.582. The van der Waals surface area contributed by atoms with Crippen LogP contribution in [0.25, 0.3) is 0 Å². The van der Waals surface area contributed by atoms with Crippen molar-refractivity contribution in [2.24, 2.45) is 5.92 Å². The number of hydrogen-bond donors (Lipinski definition) is 1. The Kier molecular flexibility index (Phi) is 5.79. The number of aromatic nitrogens is 2. The minimum atomic E-state index is 0.582. The first kappa shape index (κ1) is 17.1. The smallest absolute Gasteiger partial charge is 0.227 e. The maximum absolute atomic E-state index is 4.61. The van der Waals surface area contributed by atoms with E-state index < -0.39 is 0 Å². The van der Waals surface area contributed by atoms with Crippen LogP contribution in [-0.4, -0.2) is 37.7 Å². The van der Waals surface area contributed by atoms with Crippen molar-refractivity contribution in [3.05, 3.63) is 42.1 Å². The van der Waals surface area contributed by atoms with Gasteiger partial charge in [-0.1, -0.05) is 32.0 Å². The van der Waals surface area contributed by atoms with E-state index in [1.165, 1.54) is 11.3 Å². The van der Waals surface area contributed by atoms with Crippen molar-refractivity contribution >= 4 is 17.5 Å². The highest BCUT2D eigenvalue weighted by atomic mass is 15.2. The summed E-state index contributed by atoms with van der Waals surface area (Å²) in [6.07, 6.45) is 1.80. The van der Waals surface area contributed by atoms with E-state index in [2.05, 4.69) is 77.3 Å². The van der Waals surface area contributed by atoms with Gasteiger partial charge in [-0.15, -0.1) is 0 Å². The summed E-state index contributed by atoms with van der Waals surface area (Å²) in [7, 11) is 6.14. The molecule has 2 rings (SSSR count). The molecule has 0 amide bonds. The van der Waals surface area contributed by atoms with Crippen LogP contribution in [0.1, 0.15) is 19.4 Å². The number of hydrogen-bond acceptors (Lipinski definition) is 5. The van der Waals surface area contributed by atoms with Gasteiger partial charge in [0.25, 0.3) is 0 Å². The molecule has 0 spiro atoms. The molecule has 5 heteroatoms. The van der Waals surface area contributed by atoms with Crippen molar-refractivity contribution in [1.82, 2.24) is 9.97 Å². The summed E-state index contributed by atoms with van der Waals surface area (Å²) in [6, 6.07) is 10.3. The molecular formula is C18H27N5. The monoisotopic (exact) mass is 313 g/mol. The SMILES string of the molecule is CC(C)CNc1ccnc(N(C)Cc2ccccc2N(C)C)n1. The largest absolute Gasteiger partial charge is 0.377 e. The lowest BCUT2D eigenvalue weighted by Crippen LogP contribution is -2.22. The summed E-state index contributed by atoms with van der Waals surface area (Å²) in [5.74, 6) is 2.18. The van der Waals surface area contributed by atoms with Gasteiger partial charge in [-0.3, -0.25) is 0 Å². The van der Waals surface area contributed by atoms with E-state index in [-0.39, 0.29) is 0 Å². The quantitative estimate of drug-likeness (QED) is 0.850. The highest BCUT2D eigenvalue weighted by molar-refractivity contribution is 5.54. The summed E-state index contributed by atoms with van der Waals surface area (Å²) in [4.78, 5) is 13.2. The molecule has 1 aromatic carbocycles. The Morgan fingerprint density at radius 1 is 1.09 bits per heavy atom. The molecule has 2 aromatic rings. The average Bonchev–Trinajstić information content (AvgIpc) is 2.53. The molecule has 1 heterocycles. The molecule has 1 N–H and O–H groups in total. The number of para-hydroxylation sites is 1. The van der Waals surface area contributed by atoms with Crippen LogP contribution in [0.3, 0.4) is 0 Å². The minimum Gasteiger partial charge on any atom is -0.377 e. The molecule has 0 fully saturated rings. The summed E-state index contributed by atoms with van der Waals surface area (Å²) in [5, 5.41) is 3.35. The molecule has 0 saturated heterocycles. The maximum atomic E-state index is 4.61. The first-order valence-electron chi connectivity index (χ1n) is 8.00. The second-order valence-corrected chi connectivity index (χ2v) is 6.40. The Morgan fingerprint density at radius 2 is 1.83 bits per heavy atom. The third kappa shape index (κ3) is 4.84. The average molecular weight is 313 g/mol. The Morgan fingerprint density at radius 3 is 2.52 bits per heavy atom. The van der Waals surface area contributed by atoms with Crippen LogP contribution in [0.4, 0.5) is 17.5 Å². The van der Waals surface area contributed by atoms with Crippen molar-refractivity contribution in [2.45, 2.75) is 20.4 Å². The van der Waals surface area contributed by atoms with Crippen molar-refractivity contribution < 1.29 is 0 Å². The normalized spacial score (nSPS) is 10.7. The molecule has 0 unspecified atom stereocenters. The van der Waals surface area contributed by atoms with Gasteiger partial charge in [0, 0.05) is 46.1 Å². The number of anilines is 3. The van der Waals surface area contributed by atoms with Crippen LogP contribution < -0.4 is 15.1 Å². The fourth-order valence-corrected chi connectivity index (χ4v) is 2.35. The van der Waals surface area contributed by atoms with E-state index in [0.717, 1.165) is 24.9 Å². The molecular weight excluding hydrogens is 286 g/mol. The lowest BCUT2D eigenvalue weighted by Gasteiger charge is -2.22. The zero-order valence-corrected chi connectivity index (χ0v) is 14.7. The summed E-state index contributed by atoms with van der Waals surface area (Å²) >= 11 is 0. The van der Waals surface area contributed by atoms with E-state index in [9.17, 15) is 0 Å². The molecule has 0 saturated carbocycles. The van der Waals surface area contributed by atoms with Crippen molar-refractivity contribution in [1.29, 1.82) is 0 Å². The van der Waals surface area contributed by atoms with Gasteiger partial charge in [0.1, 0.15) is 5.82 Å². The van der Waals surface area contributed by atoms with Crippen molar-refractivity contribution in [3.63, 3.8) is 0 Å². The van der Waals surface area contributed by atoms with Gasteiger partial charge < -0.3 is 15.1 Å².